The molecule has 1 aromatic carbocycles. The first-order valence-electron chi connectivity index (χ1n) is 4.49. The van der Waals surface area contributed by atoms with E-state index in [2.05, 4.69) is 19.1 Å². The first-order chi connectivity index (χ1) is 5.88. The van der Waals surface area contributed by atoms with Gasteiger partial charge in [-0.2, -0.15) is 0 Å². The van der Waals surface area contributed by atoms with Gasteiger partial charge in [0, 0.05) is 0 Å². The summed E-state index contributed by atoms with van der Waals surface area (Å²) in [7, 11) is 0. The summed E-state index contributed by atoms with van der Waals surface area (Å²) < 4.78 is 12.1. The first kappa shape index (κ1) is 9.24. The van der Waals surface area contributed by atoms with Crippen LogP contribution in [0.5, 0.6) is 0 Å². The Labute approximate surface area is 73.4 Å². The van der Waals surface area contributed by atoms with E-state index < -0.39 is 0 Å². The minimum atomic E-state index is -0.215. The van der Waals surface area contributed by atoms with E-state index in [1.54, 1.807) is 0 Å². The minimum absolute atomic E-state index is 0.215. The van der Waals surface area contributed by atoms with Gasteiger partial charge in [0.1, 0.15) is 0 Å². The van der Waals surface area contributed by atoms with E-state index in [4.69, 9.17) is 0 Å². The molecule has 1 aromatic rings. The Kier molecular flexibility index (Phi) is 3.78. The molecule has 0 radical (unpaired) electrons. The lowest BCUT2D eigenvalue weighted by Gasteiger charge is -2.12. The van der Waals surface area contributed by atoms with E-state index in [0.717, 1.165) is 6.42 Å². The number of halogens is 1. The monoisotopic (exact) mass is 166 g/mol. The van der Waals surface area contributed by atoms with Crippen LogP contribution in [0.15, 0.2) is 30.3 Å². The zero-order valence-electron chi connectivity index (χ0n) is 7.46. The smallest absolute Gasteiger partial charge is 0.0900 e. The van der Waals surface area contributed by atoms with E-state index in [0.29, 0.717) is 12.3 Å². The highest BCUT2D eigenvalue weighted by atomic mass is 19.1. The van der Waals surface area contributed by atoms with Gasteiger partial charge in [-0.15, -0.1) is 0 Å². The zero-order chi connectivity index (χ0) is 8.81. The molecule has 12 heavy (non-hydrogen) atoms. The minimum Gasteiger partial charge on any atom is -0.251 e. The second-order valence-electron chi connectivity index (χ2n) is 2.99. The quantitative estimate of drug-likeness (QED) is 0.641. The predicted molar refractivity (Wildman–Crippen MR) is 50.1 cm³/mol. The van der Waals surface area contributed by atoms with Crippen LogP contribution in [0.1, 0.15) is 31.2 Å². The molecule has 0 aromatic heterocycles. The molecule has 0 amide bonds. The predicted octanol–water partition coefficient (Wildman–Crippen LogP) is 3.54. The van der Waals surface area contributed by atoms with Crippen molar-refractivity contribution < 1.29 is 4.39 Å². The zero-order valence-corrected chi connectivity index (χ0v) is 7.46. The summed E-state index contributed by atoms with van der Waals surface area (Å²) in [5.41, 5.74) is 1.26. The molecule has 1 rings (SSSR count). The number of hydrogen-bond donors (Lipinski definition) is 0. The van der Waals surface area contributed by atoms with Crippen molar-refractivity contribution in [3.63, 3.8) is 0 Å². The van der Waals surface area contributed by atoms with Crippen LogP contribution in [-0.2, 0) is 0 Å². The van der Waals surface area contributed by atoms with Crippen molar-refractivity contribution in [3.05, 3.63) is 35.9 Å². The topological polar surface area (TPSA) is 0 Å². The van der Waals surface area contributed by atoms with Gasteiger partial charge < -0.3 is 0 Å². The lowest BCUT2D eigenvalue weighted by molar-refractivity contribution is 0.433. The van der Waals surface area contributed by atoms with E-state index in [-0.39, 0.29) is 6.67 Å². The Hall–Kier alpha value is -0.850. The maximum absolute atomic E-state index is 12.1. The van der Waals surface area contributed by atoms with Crippen LogP contribution in [0.2, 0.25) is 0 Å². The van der Waals surface area contributed by atoms with Gasteiger partial charge in [-0.05, 0) is 24.3 Å². The van der Waals surface area contributed by atoms with Gasteiger partial charge >= 0.3 is 0 Å². The normalized spacial score (nSPS) is 12.8. The van der Waals surface area contributed by atoms with E-state index in [1.807, 2.05) is 18.2 Å². The van der Waals surface area contributed by atoms with Crippen LogP contribution in [0, 0.1) is 0 Å². The standard InChI is InChI=1S/C11H15F/c1-2-10(8-9-12)11-6-4-3-5-7-11/h3-7,10H,2,8-9H2,1H3. The van der Waals surface area contributed by atoms with Crippen molar-refractivity contribution in [2.24, 2.45) is 0 Å². The molecule has 0 fully saturated rings. The average molecular weight is 166 g/mol. The average Bonchev–Trinajstić information content (AvgIpc) is 2.15. The van der Waals surface area contributed by atoms with Crippen molar-refractivity contribution in [2.45, 2.75) is 25.7 Å². The largest absolute Gasteiger partial charge is 0.251 e. The van der Waals surface area contributed by atoms with Crippen molar-refractivity contribution in [1.82, 2.24) is 0 Å². The van der Waals surface area contributed by atoms with Crippen molar-refractivity contribution in [1.29, 1.82) is 0 Å². The van der Waals surface area contributed by atoms with E-state index in [1.165, 1.54) is 5.56 Å². The van der Waals surface area contributed by atoms with Crippen LogP contribution >= 0.6 is 0 Å². The Balaban J connectivity index is 2.66. The number of benzene rings is 1. The lowest BCUT2D eigenvalue weighted by atomic mass is 9.94. The molecule has 0 saturated heterocycles. The Morgan fingerprint density at radius 1 is 1.25 bits per heavy atom. The second kappa shape index (κ2) is 4.91. The molecule has 1 heteroatoms. The molecule has 0 nitrogen and oxygen atoms in total. The number of hydrogen-bond acceptors (Lipinski definition) is 0. The summed E-state index contributed by atoms with van der Waals surface area (Å²) in [6, 6.07) is 10.2. The highest BCUT2D eigenvalue weighted by molar-refractivity contribution is 5.19. The second-order valence-corrected chi connectivity index (χ2v) is 2.99. The maximum atomic E-state index is 12.1. The maximum Gasteiger partial charge on any atom is 0.0900 e. The van der Waals surface area contributed by atoms with Gasteiger partial charge in [-0.25, -0.2) is 0 Å². The Morgan fingerprint density at radius 2 is 1.92 bits per heavy atom. The number of alkyl halides is 1. The fourth-order valence-electron chi connectivity index (χ4n) is 1.46. The molecular weight excluding hydrogens is 151 g/mol. The summed E-state index contributed by atoms with van der Waals surface area (Å²) in [5, 5.41) is 0. The Bertz CT molecular complexity index is 206. The van der Waals surface area contributed by atoms with Gasteiger partial charge in [0.25, 0.3) is 0 Å². The fraction of sp³-hybridized carbons (Fsp3) is 0.455. The van der Waals surface area contributed by atoms with Crippen molar-refractivity contribution in [2.75, 3.05) is 6.67 Å². The van der Waals surface area contributed by atoms with Crippen LogP contribution in [-0.4, -0.2) is 6.67 Å². The molecule has 0 aliphatic carbocycles. The third kappa shape index (κ3) is 2.33. The SMILES string of the molecule is CCC(CCF)c1ccccc1. The van der Waals surface area contributed by atoms with Crippen LogP contribution < -0.4 is 0 Å². The van der Waals surface area contributed by atoms with Gasteiger partial charge in [-0.3, -0.25) is 4.39 Å². The van der Waals surface area contributed by atoms with Crippen molar-refractivity contribution >= 4 is 0 Å². The molecular formula is C11H15F. The van der Waals surface area contributed by atoms with E-state index >= 15 is 0 Å². The first-order valence-corrected chi connectivity index (χ1v) is 4.49. The Morgan fingerprint density at radius 3 is 2.42 bits per heavy atom. The van der Waals surface area contributed by atoms with Gasteiger partial charge in [0.15, 0.2) is 0 Å². The third-order valence-electron chi connectivity index (χ3n) is 2.22. The molecule has 1 unspecified atom stereocenters. The summed E-state index contributed by atoms with van der Waals surface area (Å²) in [4.78, 5) is 0. The summed E-state index contributed by atoms with van der Waals surface area (Å²) in [5.74, 6) is 0.399. The molecule has 0 aliphatic rings. The molecule has 66 valence electrons. The fourth-order valence-corrected chi connectivity index (χ4v) is 1.46. The van der Waals surface area contributed by atoms with Gasteiger partial charge in [0.2, 0.25) is 0 Å². The highest BCUT2D eigenvalue weighted by Gasteiger charge is 2.07. The summed E-state index contributed by atoms with van der Waals surface area (Å²) >= 11 is 0. The molecule has 0 bridgehead atoms. The lowest BCUT2D eigenvalue weighted by Crippen LogP contribution is -1.97. The van der Waals surface area contributed by atoms with Crippen LogP contribution in [0.4, 0.5) is 4.39 Å². The number of rotatable bonds is 4. The molecule has 0 N–H and O–H groups in total. The van der Waals surface area contributed by atoms with Crippen LogP contribution in [0.25, 0.3) is 0 Å². The summed E-state index contributed by atoms with van der Waals surface area (Å²) in [6.07, 6.45) is 1.68. The molecule has 0 spiro atoms. The summed E-state index contributed by atoms with van der Waals surface area (Å²) in [6.45, 7) is 1.89. The van der Waals surface area contributed by atoms with Gasteiger partial charge in [-0.1, -0.05) is 37.3 Å². The molecule has 0 aliphatic heterocycles. The molecule has 1 atom stereocenters. The molecule has 0 heterocycles. The third-order valence-corrected chi connectivity index (χ3v) is 2.22. The molecule has 0 saturated carbocycles. The van der Waals surface area contributed by atoms with Crippen LogP contribution in [0.3, 0.4) is 0 Å². The highest BCUT2D eigenvalue weighted by Crippen LogP contribution is 2.22. The van der Waals surface area contributed by atoms with Crippen molar-refractivity contribution in [3.8, 4) is 0 Å². The van der Waals surface area contributed by atoms with E-state index in [9.17, 15) is 4.39 Å². The van der Waals surface area contributed by atoms with Gasteiger partial charge in [0.05, 0.1) is 6.67 Å².